The number of rotatable bonds is 6. The fourth-order valence-electron chi connectivity index (χ4n) is 3.83. The van der Waals surface area contributed by atoms with Gasteiger partial charge in [-0.3, -0.25) is 4.57 Å². The minimum absolute atomic E-state index is 0.339. The molecular formula is C24H20N6O4. The number of nitrogens with zero attached hydrogens (tertiary/aromatic N) is 5. The maximum absolute atomic E-state index is 11.7. The number of nitrogens with one attached hydrogen (secondary N) is 1. The second-order valence-corrected chi connectivity index (χ2v) is 7.34. The molecule has 34 heavy (non-hydrogen) atoms. The molecule has 0 spiro atoms. The third-order valence-electron chi connectivity index (χ3n) is 5.36. The minimum Gasteiger partial charge on any atom is -0.468 e. The molecule has 1 N–H and O–H groups in total. The zero-order chi connectivity index (χ0) is 23.5. The molecule has 0 aliphatic carbocycles. The van der Waals surface area contributed by atoms with Gasteiger partial charge in [-0.05, 0) is 34.0 Å². The van der Waals surface area contributed by atoms with Gasteiger partial charge in [-0.15, -0.1) is 10.2 Å². The van der Waals surface area contributed by atoms with Crippen molar-refractivity contribution >= 4 is 17.2 Å². The van der Waals surface area contributed by atoms with Crippen LogP contribution in [0.4, 0.5) is 4.79 Å². The number of carbonyl (C=O) groups excluding carboxylic acids is 1. The highest BCUT2D eigenvalue weighted by molar-refractivity contribution is 5.85. The Bertz CT molecular complexity index is 1440. The molecule has 10 nitrogen and oxygen atoms in total. The third-order valence-corrected chi connectivity index (χ3v) is 5.36. The van der Waals surface area contributed by atoms with Crippen molar-refractivity contribution in [3.8, 4) is 34.3 Å². The number of ether oxygens (including phenoxy) is 3. The molecule has 3 aromatic carbocycles. The summed E-state index contributed by atoms with van der Waals surface area (Å²) in [5, 5.41) is 14.4. The fraction of sp³-hybridized carbons (Fsp3) is 0.125. The standard InChI is InChI=1S/C24H20N6O4/c1-32-23-25-19-8-5-9-20(34-24(31)33-2)21(19)30(23)14-15-10-12-16(13-11-15)17-6-3-4-7-18(17)22-26-28-29-27-22/h3-13H,14H2,1-2H3,(H,26,27,28,29). The highest BCUT2D eigenvalue weighted by Crippen LogP contribution is 2.32. The molecule has 0 amide bonds. The van der Waals surface area contributed by atoms with Crippen LogP contribution >= 0.6 is 0 Å². The smallest absolute Gasteiger partial charge is 0.468 e. The molecule has 5 aromatic rings. The lowest BCUT2D eigenvalue weighted by atomic mass is 9.98. The lowest BCUT2D eigenvalue weighted by molar-refractivity contribution is 0.122. The van der Waals surface area contributed by atoms with Crippen LogP contribution < -0.4 is 9.47 Å². The summed E-state index contributed by atoms with van der Waals surface area (Å²) in [6.45, 7) is 0.452. The van der Waals surface area contributed by atoms with Crippen LogP contribution in [0.5, 0.6) is 11.8 Å². The maximum Gasteiger partial charge on any atom is 0.513 e. The predicted molar refractivity (Wildman–Crippen MR) is 123 cm³/mol. The summed E-state index contributed by atoms with van der Waals surface area (Å²) in [7, 11) is 2.81. The first-order valence-electron chi connectivity index (χ1n) is 10.4. The number of imidazole rings is 1. The van der Waals surface area contributed by atoms with Crippen molar-refractivity contribution in [1.82, 2.24) is 30.2 Å². The molecule has 2 heterocycles. The monoisotopic (exact) mass is 456 g/mol. The lowest BCUT2D eigenvalue weighted by Gasteiger charge is -2.12. The number of tetrazole rings is 1. The Morgan fingerprint density at radius 3 is 2.47 bits per heavy atom. The van der Waals surface area contributed by atoms with E-state index in [9.17, 15) is 4.79 Å². The van der Waals surface area contributed by atoms with Gasteiger partial charge in [0.15, 0.2) is 5.75 Å². The Morgan fingerprint density at radius 2 is 1.76 bits per heavy atom. The molecule has 0 fully saturated rings. The normalized spacial score (nSPS) is 10.9. The Labute approximate surface area is 194 Å². The number of carbonyl (C=O) groups is 1. The predicted octanol–water partition coefficient (Wildman–Crippen LogP) is 4.09. The summed E-state index contributed by atoms with van der Waals surface area (Å²) in [5.74, 6) is 0.873. The zero-order valence-electron chi connectivity index (χ0n) is 18.4. The van der Waals surface area contributed by atoms with Gasteiger partial charge in [0, 0.05) is 5.56 Å². The van der Waals surface area contributed by atoms with Gasteiger partial charge < -0.3 is 14.2 Å². The molecule has 5 rings (SSSR count). The van der Waals surface area contributed by atoms with Crippen LogP contribution in [0, 0.1) is 0 Å². The third kappa shape index (κ3) is 3.92. The number of fused-ring (bicyclic) bond motifs is 1. The van der Waals surface area contributed by atoms with Crippen LogP contribution in [0.25, 0.3) is 33.5 Å². The molecular weight excluding hydrogens is 436 g/mol. The van der Waals surface area contributed by atoms with Crippen LogP contribution in [0.1, 0.15) is 5.56 Å². The van der Waals surface area contributed by atoms with Gasteiger partial charge >= 0.3 is 6.16 Å². The summed E-state index contributed by atoms with van der Waals surface area (Å²) in [4.78, 5) is 16.2. The number of para-hydroxylation sites is 1. The van der Waals surface area contributed by atoms with Gasteiger partial charge in [-0.1, -0.05) is 54.6 Å². The summed E-state index contributed by atoms with van der Waals surface area (Å²) >= 11 is 0. The fourth-order valence-corrected chi connectivity index (χ4v) is 3.83. The topological polar surface area (TPSA) is 117 Å². The zero-order valence-corrected chi connectivity index (χ0v) is 18.4. The molecule has 170 valence electrons. The van der Waals surface area contributed by atoms with E-state index in [1.807, 2.05) is 59.2 Å². The Balaban J connectivity index is 1.50. The van der Waals surface area contributed by atoms with Crippen molar-refractivity contribution in [3.05, 3.63) is 72.3 Å². The van der Waals surface area contributed by atoms with Crippen molar-refractivity contribution in [2.75, 3.05) is 14.2 Å². The van der Waals surface area contributed by atoms with Crippen LogP contribution in [0.15, 0.2) is 66.7 Å². The quantitative estimate of drug-likeness (QED) is 0.300. The van der Waals surface area contributed by atoms with Gasteiger partial charge in [0.25, 0.3) is 6.01 Å². The molecule has 0 radical (unpaired) electrons. The minimum atomic E-state index is -0.802. The number of H-pyrrole nitrogens is 1. The first-order valence-corrected chi connectivity index (χ1v) is 10.4. The first-order chi connectivity index (χ1) is 16.7. The van der Waals surface area contributed by atoms with E-state index < -0.39 is 6.16 Å². The van der Waals surface area contributed by atoms with Crippen LogP contribution in [0.3, 0.4) is 0 Å². The lowest BCUT2D eigenvalue weighted by Crippen LogP contribution is -2.09. The highest BCUT2D eigenvalue weighted by Gasteiger charge is 2.18. The largest absolute Gasteiger partial charge is 0.513 e. The average molecular weight is 456 g/mol. The summed E-state index contributed by atoms with van der Waals surface area (Å²) < 4.78 is 17.3. The van der Waals surface area contributed by atoms with Crippen LogP contribution in [0.2, 0.25) is 0 Å². The maximum atomic E-state index is 11.7. The SMILES string of the molecule is COC(=O)Oc1cccc2nc(OC)n(Cc3ccc(-c4ccccc4-c4nn[nH]n4)cc3)c12. The van der Waals surface area contributed by atoms with Gasteiger partial charge in [0.2, 0.25) is 5.82 Å². The van der Waals surface area contributed by atoms with Gasteiger partial charge in [-0.2, -0.15) is 10.2 Å². The van der Waals surface area contributed by atoms with Crippen molar-refractivity contribution in [2.24, 2.45) is 0 Å². The highest BCUT2D eigenvalue weighted by atomic mass is 16.7. The van der Waals surface area contributed by atoms with Crippen molar-refractivity contribution in [3.63, 3.8) is 0 Å². The van der Waals surface area contributed by atoms with Crippen molar-refractivity contribution < 1.29 is 19.0 Å². The van der Waals surface area contributed by atoms with Crippen LogP contribution in [-0.2, 0) is 11.3 Å². The van der Waals surface area contributed by atoms with E-state index in [1.165, 1.54) is 7.11 Å². The van der Waals surface area contributed by atoms with E-state index >= 15 is 0 Å². The van der Waals surface area contributed by atoms with E-state index in [0.717, 1.165) is 22.3 Å². The molecule has 0 saturated heterocycles. The van der Waals surface area contributed by atoms with E-state index in [4.69, 9.17) is 9.47 Å². The number of hydrogen-bond donors (Lipinski definition) is 1. The Hall–Kier alpha value is -4.73. The molecule has 2 aromatic heterocycles. The number of methoxy groups -OCH3 is 2. The molecule has 0 unspecified atom stereocenters. The van der Waals surface area contributed by atoms with Gasteiger partial charge in [-0.25, -0.2) is 4.79 Å². The summed E-state index contributed by atoms with van der Waals surface area (Å²) in [6.07, 6.45) is -0.802. The van der Waals surface area contributed by atoms with Crippen molar-refractivity contribution in [2.45, 2.75) is 6.54 Å². The van der Waals surface area contributed by atoms with Crippen molar-refractivity contribution in [1.29, 1.82) is 0 Å². The second kappa shape index (κ2) is 9.02. The second-order valence-electron chi connectivity index (χ2n) is 7.34. The van der Waals surface area contributed by atoms with Crippen LogP contribution in [-0.4, -0.2) is 50.6 Å². The van der Waals surface area contributed by atoms with E-state index in [0.29, 0.717) is 35.2 Å². The van der Waals surface area contributed by atoms with E-state index in [1.54, 1.807) is 19.2 Å². The summed E-state index contributed by atoms with van der Waals surface area (Å²) in [5.41, 5.74) is 5.18. The van der Waals surface area contributed by atoms with Gasteiger partial charge in [0.05, 0.1) is 26.3 Å². The Morgan fingerprint density at radius 1 is 0.971 bits per heavy atom. The molecule has 10 heteroatoms. The molecule has 0 atom stereocenters. The average Bonchev–Trinajstić information content (AvgIpc) is 3.53. The Kier molecular flexibility index (Phi) is 5.61. The van der Waals surface area contributed by atoms with Gasteiger partial charge in [0.1, 0.15) is 5.52 Å². The first kappa shape index (κ1) is 21.1. The number of hydrogen-bond acceptors (Lipinski definition) is 8. The number of benzene rings is 3. The summed E-state index contributed by atoms with van der Waals surface area (Å²) in [6, 6.07) is 21.7. The number of aromatic amines is 1. The van der Waals surface area contributed by atoms with E-state index in [-0.39, 0.29) is 0 Å². The number of aromatic nitrogens is 6. The molecule has 0 bridgehead atoms. The van der Waals surface area contributed by atoms with E-state index in [2.05, 4.69) is 30.3 Å². The molecule has 0 aliphatic rings. The molecule has 0 aliphatic heterocycles. The molecule has 0 saturated carbocycles.